The molecule has 0 rings (SSSR count). The van der Waals surface area contributed by atoms with E-state index in [2.05, 4.69) is 4.52 Å². The second-order valence-electron chi connectivity index (χ2n) is 1.69. The molecule has 0 saturated heterocycles. The van der Waals surface area contributed by atoms with Crippen LogP contribution in [0.15, 0.2) is 0 Å². The molecule has 0 radical (unpaired) electrons. The van der Waals surface area contributed by atoms with Crippen LogP contribution in [0.5, 0.6) is 0 Å². The van der Waals surface area contributed by atoms with Crippen molar-refractivity contribution in [3.8, 4) is 0 Å². The van der Waals surface area contributed by atoms with Crippen LogP contribution in [-0.2, 0) is 9.32 Å². The number of aliphatic carboxylic acids is 1. The van der Waals surface area contributed by atoms with Gasteiger partial charge in [0.25, 0.3) is 0 Å². The molecule has 0 aliphatic carbocycles. The third-order valence-electron chi connectivity index (χ3n) is 0.993. The van der Waals surface area contributed by atoms with Crippen molar-refractivity contribution in [3.63, 3.8) is 0 Å². The van der Waals surface area contributed by atoms with E-state index in [0.717, 1.165) is 0 Å². The molecular formula is C4H9NO3P-. The quantitative estimate of drug-likeness (QED) is 0.484. The second-order valence-corrected chi connectivity index (χ2v) is 1.96. The summed E-state index contributed by atoms with van der Waals surface area (Å²) in [5, 5.41) is 9.97. The van der Waals surface area contributed by atoms with Crippen molar-refractivity contribution < 1.29 is 14.4 Å². The van der Waals surface area contributed by atoms with E-state index in [1.165, 1.54) is 0 Å². The summed E-state index contributed by atoms with van der Waals surface area (Å²) in [6.07, 6.45) is -0.528. The third-order valence-corrected chi connectivity index (χ3v) is 1.42. The van der Waals surface area contributed by atoms with Gasteiger partial charge >= 0.3 is 0 Å². The van der Waals surface area contributed by atoms with E-state index in [9.17, 15) is 9.90 Å². The zero-order valence-corrected chi connectivity index (χ0v) is 6.19. The van der Waals surface area contributed by atoms with Gasteiger partial charge in [-0.3, -0.25) is 0 Å². The highest BCUT2D eigenvalue weighted by molar-refractivity contribution is 7.09. The number of carbonyl (C=O) groups is 1. The predicted molar refractivity (Wildman–Crippen MR) is 33.2 cm³/mol. The minimum absolute atomic E-state index is 0.528. The van der Waals surface area contributed by atoms with E-state index in [-0.39, 0.29) is 0 Å². The van der Waals surface area contributed by atoms with Gasteiger partial charge in [0.05, 0.1) is 18.1 Å². The zero-order valence-electron chi connectivity index (χ0n) is 5.03. The lowest BCUT2D eigenvalue weighted by Gasteiger charge is -2.18. The average molecular weight is 150 g/mol. The molecule has 9 heavy (non-hydrogen) atoms. The molecule has 0 aromatic heterocycles. The van der Waals surface area contributed by atoms with Gasteiger partial charge in [0, 0.05) is 9.47 Å². The molecule has 0 heterocycles. The zero-order chi connectivity index (χ0) is 7.44. The Hall–Kier alpha value is -0.180. The van der Waals surface area contributed by atoms with Gasteiger partial charge in [0.2, 0.25) is 0 Å². The fourth-order valence-corrected chi connectivity index (χ4v) is 0.446. The summed E-state index contributed by atoms with van der Waals surface area (Å²) >= 11 is 0. The molecule has 0 aromatic carbocycles. The first-order valence-corrected chi connectivity index (χ1v) is 2.88. The van der Waals surface area contributed by atoms with Crippen LogP contribution >= 0.6 is 9.47 Å². The molecule has 54 valence electrons. The first-order chi connectivity index (χ1) is 4.09. The largest absolute Gasteiger partial charge is 0.548 e. The van der Waals surface area contributed by atoms with Crippen LogP contribution in [0.2, 0.25) is 0 Å². The van der Waals surface area contributed by atoms with Gasteiger partial charge in [-0.05, 0) is 6.92 Å². The lowest BCUT2D eigenvalue weighted by molar-refractivity contribution is -0.308. The lowest BCUT2D eigenvalue weighted by Crippen LogP contribution is -2.48. The van der Waals surface area contributed by atoms with Crippen molar-refractivity contribution >= 4 is 15.4 Å². The van der Waals surface area contributed by atoms with Crippen LogP contribution in [0.4, 0.5) is 0 Å². The molecule has 5 heteroatoms. The minimum atomic E-state index is -1.30. The maximum atomic E-state index is 9.97. The Morgan fingerprint density at radius 2 is 2.33 bits per heavy atom. The van der Waals surface area contributed by atoms with E-state index >= 15 is 0 Å². The number of hydrogen-bond donors (Lipinski definition) is 1. The van der Waals surface area contributed by atoms with Crippen molar-refractivity contribution in [3.05, 3.63) is 0 Å². The molecule has 0 spiro atoms. The molecule has 0 aliphatic rings. The highest BCUT2D eigenvalue weighted by Gasteiger charge is 2.11. The Kier molecular flexibility index (Phi) is 3.70. The number of hydrogen-bond acceptors (Lipinski definition) is 4. The maximum Gasteiger partial charge on any atom is 0.0787 e. The standard InChI is InChI=1S/C4H10NO3P/c1-2(8-9)3(5)4(6)7/h2-3H,5,9H2,1H3,(H,6,7)/p-1. The Balaban J connectivity index is 3.72. The topological polar surface area (TPSA) is 75.4 Å². The smallest absolute Gasteiger partial charge is 0.0787 e. The van der Waals surface area contributed by atoms with Crippen LogP contribution in [0.25, 0.3) is 0 Å². The van der Waals surface area contributed by atoms with Crippen LogP contribution in [-0.4, -0.2) is 18.1 Å². The van der Waals surface area contributed by atoms with Gasteiger partial charge in [-0.25, -0.2) is 0 Å². The number of carboxylic acid groups (broad SMARTS) is 1. The number of carbonyl (C=O) groups excluding carboxylic acids is 1. The van der Waals surface area contributed by atoms with E-state index in [0.29, 0.717) is 0 Å². The van der Waals surface area contributed by atoms with E-state index in [1.807, 2.05) is 9.47 Å². The predicted octanol–water partition coefficient (Wildman–Crippen LogP) is -1.74. The minimum Gasteiger partial charge on any atom is -0.548 e. The second kappa shape index (κ2) is 3.77. The van der Waals surface area contributed by atoms with Crippen LogP contribution in [0, 0.1) is 0 Å². The van der Waals surface area contributed by atoms with Gasteiger partial charge in [0.1, 0.15) is 0 Å². The number of nitrogens with two attached hydrogens (primary N) is 1. The summed E-state index contributed by atoms with van der Waals surface area (Å²) in [7, 11) is 1.94. The first-order valence-electron chi connectivity index (χ1n) is 2.41. The summed E-state index contributed by atoms with van der Waals surface area (Å²) in [6, 6.07) is -1.05. The molecular weight excluding hydrogens is 141 g/mol. The van der Waals surface area contributed by atoms with Crippen molar-refractivity contribution in [2.75, 3.05) is 0 Å². The highest BCUT2D eigenvalue weighted by Crippen LogP contribution is 1.99. The molecule has 0 fully saturated rings. The first kappa shape index (κ1) is 8.82. The molecule has 0 aliphatic heterocycles. The van der Waals surface area contributed by atoms with Crippen molar-refractivity contribution in [1.29, 1.82) is 0 Å². The monoisotopic (exact) mass is 150 g/mol. The van der Waals surface area contributed by atoms with Crippen molar-refractivity contribution in [2.45, 2.75) is 19.1 Å². The van der Waals surface area contributed by atoms with Crippen molar-refractivity contribution in [2.24, 2.45) is 5.73 Å². The summed E-state index contributed by atoms with van der Waals surface area (Å²) in [5.74, 6) is -1.30. The highest BCUT2D eigenvalue weighted by atomic mass is 31.0. The van der Waals surface area contributed by atoms with Gasteiger partial charge in [-0.15, -0.1) is 0 Å². The van der Waals surface area contributed by atoms with Gasteiger partial charge in [-0.1, -0.05) is 0 Å². The molecule has 0 aromatic rings. The molecule has 3 unspecified atom stereocenters. The Morgan fingerprint density at radius 1 is 1.89 bits per heavy atom. The fourth-order valence-electron chi connectivity index (χ4n) is 0.276. The van der Waals surface area contributed by atoms with Gasteiger partial charge < -0.3 is 20.2 Å². The van der Waals surface area contributed by atoms with E-state index in [1.54, 1.807) is 6.92 Å². The van der Waals surface area contributed by atoms with Crippen LogP contribution in [0.1, 0.15) is 6.92 Å². The molecule has 0 saturated carbocycles. The average Bonchev–Trinajstić information content (AvgIpc) is 1.84. The van der Waals surface area contributed by atoms with Gasteiger partial charge in [-0.2, -0.15) is 0 Å². The Bertz CT molecular complexity index is 108. The number of carboxylic acids is 1. The van der Waals surface area contributed by atoms with Crippen LogP contribution < -0.4 is 10.8 Å². The fraction of sp³-hybridized carbons (Fsp3) is 0.750. The Morgan fingerprint density at radius 3 is 2.44 bits per heavy atom. The SMILES string of the molecule is CC(OP)C(N)C(=O)[O-]. The summed E-state index contributed by atoms with van der Waals surface area (Å²) in [6.45, 7) is 1.55. The van der Waals surface area contributed by atoms with Gasteiger partial charge in [0.15, 0.2) is 0 Å². The lowest BCUT2D eigenvalue weighted by atomic mass is 10.2. The molecule has 2 N–H and O–H groups in total. The third kappa shape index (κ3) is 2.75. The molecule has 4 nitrogen and oxygen atoms in total. The van der Waals surface area contributed by atoms with Crippen molar-refractivity contribution in [1.82, 2.24) is 0 Å². The molecule has 0 bridgehead atoms. The van der Waals surface area contributed by atoms with E-state index < -0.39 is 18.1 Å². The molecule has 3 atom stereocenters. The maximum absolute atomic E-state index is 9.97. The Labute approximate surface area is 55.7 Å². The number of rotatable bonds is 3. The normalized spacial score (nSPS) is 16.8. The molecule has 0 amide bonds. The van der Waals surface area contributed by atoms with E-state index in [4.69, 9.17) is 5.73 Å². The van der Waals surface area contributed by atoms with Crippen LogP contribution in [0.3, 0.4) is 0 Å². The summed E-state index contributed by atoms with van der Waals surface area (Å²) in [5.41, 5.74) is 5.07. The summed E-state index contributed by atoms with van der Waals surface area (Å²) in [4.78, 5) is 9.97. The summed E-state index contributed by atoms with van der Waals surface area (Å²) < 4.78 is 4.54.